The van der Waals surface area contributed by atoms with E-state index in [9.17, 15) is 0 Å². The third-order valence-corrected chi connectivity index (χ3v) is 4.78. The van der Waals surface area contributed by atoms with Crippen molar-refractivity contribution in [1.82, 2.24) is 19.7 Å². The fourth-order valence-electron chi connectivity index (χ4n) is 2.53. The Bertz CT molecular complexity index is 1060. The number of rotatable bonds is 4. The van der Waals surface area contributed by atoms with Gasteiger partial charge in [0.2, 0.25) is 0 Å². The number of hydrogen-bond acceptors (Lipinski definition) is 6. The van der Waals surface area contributed by atoms with Gasteiger partial charge in [-0.05, 0) is 18.2 Å². The van der Waals surface area contributed by atoms with Gasteiger partial charge in [0.15, 0.2) is 0 Å². The molecular formula is C17H14ClN5OS. The van der Waals surface area contributed by atoms with E-state index in [0.717, 1.165) is 21.5 Å². The van der Waals surface area contributed by atoms with Gasteiger partial charge in [0.05, 0.1) is 22.5 Å². The van der Waals surface area contributed by atoms with E-state index in [1.807, 2.05) is 49.0 Å². The van der Waals surface area contributed by atoms with Crippen molar-refractivity contribution in [1.29, 1.82) is 0 Å². The van der Waals surface area contributed by atoms with Crippen LogP contribution in [0.4, 0.5) is 5.69 Å². The molecular weight excluding hydrogens is 358 g/mol. The molecule has 0 aliphatic carbocycles. The Morgan fingerprint density at radius 3 is 2.92 bits per heavy atom. The number of halogens is 1. The lowest BCUT2D eigenvalue weighted by Gasteiger charge is -2.08. The van der Waals surface area contributed by atoms with Crippen LogP contribution in [0, 0.1) is 0 Å². The Morgan fingerprint density at radius 1 is 1.28 bits per heavy atom. The van der Waals surface area contributed by atoms with Crippen LogP contribution < -0.4 is 10.5 Å². The predicted octanol–water partition coefficient (Wildman–Crippen LogP) is 3.91. The lowest BCUT2D eigenvalue weighted by molar-refractivity contribution is 0.277. The van der Waals surface area contributed by atoms with Crippen molar-refractivity contribution in [3.8, 4) is 17.3 Å². The maximum Gasteiger partial charge on any atom is 0.318 e. The van der Waals surface area contributed by atoms with Gasteiger partial charge in [0, 0.05) is 29.2 Å². The molecule has 0 aliphatic rings. The van der Waals surface area contributed by atoms with Crippen LogP contribution in [-0.2, 0) is 13.7 Å². The fourth-order valence-corrected chi connectivity index (χ4v) is 3.54. The van der Waals surface area contributed by atoms with Crippen LogP contribution in [0.2, 0.25) is 5.02 Å². The highest BCUT2D eigenvalue weighted by molar-refractivity contribution is 7.17. The molecule has 0 unspecified atom stereocenters. The lowest BCUT2D eigenvalue weighted by Crippen LogP contribution is -2.02. The number of ether oxygens (including phenoxy) is 1. The minimum Gasteiger partial charge on any atom is -0.457 e. The second kappa shape index (κ2) is 6.34. The van der Waals surface area contributed by atoms with Gasteiger partial charge in [0.1, 0.15) is 11.4 Å². The summed E-state index contributed by atoms with van der Waals surface area (Å²) in [4.78, 5) is 9.81. The van der Waals surface area contributed by atoms with Crippen LogP contribution in [-0.4, -0.2) is 19.7 Å². The molecule has 4 rings (SSSR count). The molecule has 8 heteroatoms. The summed E-state index contributed by atoms with van der Waals surface area (Å²) in [5.41, 5.74) is 9.14. The molecule has 3 aromatic heterocycles. The maximum absolute atomic E-state index is 6.13. The van der Waals surface area contributed by atoms with Crippen LogP contribution in [0.1, 0.15) is 5.69 Å². The predicted molar refractivity (Wildman–Crippen MR) is 99.8 cm³/mol. The third kappa shape index (κ3) is 3.16. The normalized spacial score (nSPS) is 11.1. The number of thiophene rings is 1. The molecule has 0 fully saturated rings. The molecule has 0 saturated heterocycles. The van der Waals surface area contributed by atoms with Crippen molar-refractivity contribution >= 4 is 38.8 Å². The number of anilines is 1. The molecule has 3 heterocycles. The van der Waals surface area contributed by atoms with Crippen molar-refractivity contribution < 1.29 is 4.74 Å². The van der Waals surface area contributed by atoms with Gasteiger partial charge in [-0.15, -0.1) is 11.3 Å². The van der Waals surface area contributed by atoms with Gasteiger partial charge in [0.25, 0.3) is 0 Å². The number of aromatic nitrogens is 4. The molecule has 0 spiro atoms. The van der Waals surface area contributed by atoms with E-state index >= 15 is 0 Å². The Kier molecular flexibility index (Phi) is 4.03. The quantitative estimate of drug-likeness (QED) is 0.588. The second-order valence-electron chi connectivity index (χ2n) is 5.51. The van der Waals surface area contributed by atoms with Crippen molar-refractivity contribution in [3.63, 3.8) is 0 Å². The number of fused-ring (bicyclic) bond motifs is 1. The lowest BCUT2D eigenvalue weighted by atomic mass is 10.1. The molecule has 0 aliphatic heterocycles. The van der Waals surface area contributed by atoms with Crippen molar-refractivity contribution in [2.24, 2.45) is 7.05 Å². The van der Waals surface area contributed by atoms with Gasteiger partial charge in [-0.2, -0.15) is 15.1 Å². The smallest absolute Gasteiger partial charge is 0.318 e. The van der Waals surface area contributed by atoms with Crippen LogP contribution in [0.25, 0.3) is 21.5 Å². The molecule has 0 bridgehead atoms. The summed E-state index contributed by atoms with van der Waals surface area (Å²) in [6.45, 7) is 0.294. The zero-order chi connectivity index (χ0) is 17.4. The Hall–Kier alpha value is -2.64. The molecule has 4 aromatic rings. The molecule has 6 nitrogen and oxygen atoms in total. The van der Waals surface area contributed by atoms with Gasteiger partial charge >= 0.3 is 6.01 Å². The summed E-state index contributed by atoms with van der Waals surface area (Å²) in [6.07, 6.45) is 1.86. The third-order valence-electron chi connectivity index (χ3n) is 3.66. The zero-order valence-corrected chi connectivity index (χ0v) is 14.9. The average molecular weight is 372 g/mol. The highest BCUT2D eigenvalue weighted by Crippen LogP contribution is 2.36. The molecule has 0 amide bonds. The summed E-state index contributed by atoms with van der Waals surface area (Å²) in [6, 6.07) is 9.66. The average Bonchev–Trinajstić information content (AvgIpc) is 3.18. The van der Waals surface area contributed by atoms with Crippen LogP contribution in [0.15, 0.2) is 41.9 Å². The van der Waals surface area contributed by atoms with Gasteiger partial charge in [-0.1, -0.05) is 23.7 Å². The first-order valence-electron chi connectivity index (χ1n) is 7.52. The van der Waals surface area contributed by atoms with E-state index < -0.39 is 0 Å². The molecule has 0 saturated carbocycles. The monoisotopic (exact) mass is 371 g/mol. The standard InChI is InChI=1S/C17H14ClN5OS/c1-23-6-5-12(22-23)8-24-17-20-15(10-3-2-4-11(18)7-10)14-13(19)9-25-16(14)21-17/h2-7,9H,8,19H2,1H3. The summed E-state index contributed by atoms with van der Waals surface area (Å²) in [7, 11) is 1.86. The summed E-state index contributed by atoms with van der Waals surface area (Å²) in [5.74, 6) is 0. The van der Waals surface area contributed by atoms with E-state index in [1.54, 1.807) is 4.68 Å². The molecule has 1 aromatic carbocycles. The molecule has 2 N–H and O–H groups in total. The minimum absolute atomic E-state index is 0.287. The summed E-state index contributed by atoms with van der Waals surface area (Å²) >= 11 is 7.59. The highest BCUT2D eigenvalue weighted by atomic mass is 35.5. The first kappa shape index (κ1) is 15.9. The summed E-state index contributed by atoms with van der Waals surface area (Å²) < 4.78 is 7.47. The summed E-state index contributed by atoms with van der Waals surface area (Å²) in [5, 5.41) is 7.59. The van der Waals surface area contributed by atoms with Crippen molar-refractivity contribution in [3.05, 3.63) is 52.6 Å². The Morgan fingerprint density at radius 2 is 2.16 bits per heavy atom. The SMILES string of the molecule is Cn1ccc(COc2nc(-c3cccc(Cl)c3)c3c(N)csc3n2)n1. The Balaban J connectivity index is 1.76. The molecule has 126 valence electrons. The highest BCUT2D eigenvalue weighted by Gasteiger charge is 2.15. The topological polar surface area (TPSA) is 78.9 Å². The molecule has 0 atom stereocenters. The number of hydrogen-bond donors (Lipinski definition) is 1. The zero-order valence-electron chi connectivity index (χ0n) is 13.3. The van der Waals surface area contributed by atoms with E-state index in [0.29, 0.717) is 23.0 Å². The Labute approximate surface area is 152 Å². The number of nitrogens with two attached hydrogens (primary N) is 1. The number of aryl methyl sites for hydroxylation is 1. The van der Waals surface area contributed by atoms with Gasteiger partial charge < -0.3 is 10.5 Å². The van der Waals surface area contributed by atoms with E-state index in [2.05, 4.69) is 15.1 Å². The number of nitrogens with zero attached hydrogens (tertiary/aromatic N) is 4. The van der Waals surface area contributed by atoms with Crippen molar-refractivity contribution in [2.75, 3.05) is 5.73 Å². The van der Waals surface area contributed by atoms with Gasteiger partial charge in [-0.25, -0.2) is 0 Å². The number of benzene rings is 1. The first-order chi connectivity index (χ1) is 12.1. The molecule has 0 radical (unpaired) electrons. The minimum atomic E-state index is 0.287. The van der Waals surface area contributed by atoms with E-state index in [4.69, 9.17) is 22.1 Å². The van der Waals surface area contributed by atoms with Crippen LogP contribution in [0.3, 0.4) is 0 Å². The van der Waals surface area contributed by atoms with E-state index in [1.165, 1.54) is 11.3 Å². The van der Waals surface area contributed by atoms with Crippen molar-refractivity contribution in [2.45, 2.75) is 6.61 Å². The second-order valence-corrected chi connectivity index (χ2v) is 6.80. The van der Waals surface area contributed by atoms with Gasteiger partial charge in [-0.3, -0.25) is 4.68 Å². The van der Waals surface area contributed by atoms with Crippen LogP contribution in [0.5, 0.6) is 6.01 Å². The first-order valence-corrected chi connectivity index (χ1v) is 8.78. The fraction of sp³-hybridized carbons (Fsp3) is 0.118. The van der Waals surface area contributed by atoms with Crippen LogP contribution >= 0.6 is 22.9 Å². The van der Waals surface area contributed by atoms with E-state index in [-0.39, 0.29) is 6.01 Å². The number of nitrogen functional groups attached to an aromatic ring is 1. The largest absolute Gasteiger partial charge is 0.457 e. The molecule has 25 heavy (non-hydrogen) atoms. The maximum atomic E-state index is 6.13.